The molecule has 0 aliphatic heterocycles. The summed E-state index contributed by atoms with van der Waals surface area (Å²) in [4.78, 5) is 12.2. The lowest BCUT2D eigenvalue weighted by molar-refractivity contribution is -0.118. The Morgan fingerprint density at radius 1 is 1.24 bits per heavy atom. The van der Waals surface area contributed by atoms with Gasteiger partial charge in [0, 0.05) is 18.5 Å². The molecule has 0 bridgehead atoms. The van der Waals surface area contributed by atoms with E-state index in [9.17, 15) is 4.79 Å². The van der Waals surface area contributed by atoms with Gasteiger partial charge in [-0.05, 0) is 37.2 Å². The van der Waals surface area contributed by atoms with Crippen molar-refractivity contribution in [3.63, 3.8) is 0 Å². The molecule has 2 saturated carbocycles. The van der Waals surface area contributed by atoms with E-state index in [0.717, 1.165) is 11.0 Å². The molecule has 1 aromatic carbocycles. The monoisotopic (exact) mass is 356 g/mol. The van der Waals surface area contributed by atoms with E-state index in [1.165, 1.54) is 43.0 Å². The van der Waals surface area contributed by atoms with Crippen LogP contribution in [0.25, 0.3) is 0 Å². The summed E-state index contributed by atoms with van der Waals surface area (Å²) < 4.78 is 2.29. The van der Waals surface area contributed by atoms with Gasteiger partial charge >= 0.3 is 0 Å². The first-order valence-corrected chi connectivity index (χ1v) is 10.1. The summed E-state index contributed by atoms with van der Waals surface area (Å²) in [7, 11) is 0. The van der Waals surface area contributed by atoms with Gasteiger partial charge in [0.1, 0.15) is 5.82 Å². The first-order chi connectivity index (χ1) is 12.2. The summed E-state index contributed by atoms with van der Waals surface area (Å²) >= 11 is 1.51. The number of thioether (sulfide) groups is 1. The van der Waals surface area contributed by atoms with E-state index >= 15 is 0 Å². The number of hydrogen-bond acceptors (Lipinski definition) is 4. The quantitative estimate of drug-likeness (QED) is 0.736. The molecule has 25 heavy (non-hydrogen) atoms. The number of aromatic nitrogens is 3. The summed E-state index contributed by atoms with van der Waals surface area (Å²) in [6.07, 6.45) is 4.89. The van der Waals surface area contributed by atoms with Crippen LogP contribution >= 0.6 is 11.8 Å². The van der Waals surface area contributed by atoms with Crippen molar-refractivity contribution in [3.8, 4) is 0 Å². The van der Waals surface area contributed by atoms with E-state index in [0.29, 0.717) is 30.2 Å². The molecule has 0 radical (unpaired) electrons. The van der Waals surface area contributed by atoms with Crippen LogP contribution in [0.3, 0.4) is 0 Å². The number of carbonyl (C=O) groups is 1. The minimum Gasteiger partial charge on any atom is -0.355 e. The topological polar surface area (TPSA) is 59.8 Å². The molecule has 1 atom stereocenters. The Kier molecular flexibility index (Phi) is 4.79. The van der Waals surface area contributed by atoms with Crippen molar-refractivity contribution in [1.29, 1.82) is 0 Å². The molecule has 2 aromatic rings. The van der Waals surface area contributed by atoms with Crippen LogP contribution in [0.5, 0.6) is 0 Å². The van der Waals surface area contributed by atoms with E-state index in [4.69, 9.17) is 0 Å². The third kappa shape index (κ3) is 4.06. The van der Waals surface area contributed by atoms with Crippen LogP contribution in [0.4, 0.5) is 0 Å². The summed E-state index contributed by atoms with van der Waals surface area (Å²) in [6.45, 7) is 2.79. The maximum absolute atomic E-state index is 12.2. The normalized spacial score (nSPS) is 18.1. The van der Waals surface area contributed by atoms with Gasteiger partial charge in [0.05, 0.1) is 5.75 Å². The van der Waals surface area contributed by atoms with Gasteiger partial charge in [-0.25, -0.2) is 0 Å². The van der Waals surface area contributed by atoms with Crippen molar-refractivity contribution < 1.29 is 4.79 Å². The van der Waals surface area contributed by atoms with Gasteiger partial charge in [0.25, 0.3) is 0 Å². The number of rotatable bonds is 8. The van der Waals surface area contributed by atoms with Gasteiger partial charge in [0.2, 0.25) is 5.91 Å². The molecule has 1 amide bonds. The average molecular weight is 356 g/mol. The number of hydrogen-bond donors (Lipinski definition) is 1. The molecule has 0 spiro atoms. The van der Waals surface area contributed by atoms with Crippen molar-refractivity contribution in [2.45, 2.75) is 55.6 Å². The van der Waals surface area contributed by atoms with Crippen molar-refractivity contribution in [2.75, 3.05) is 12.3 Å². The molecule has 5 nitrogen and oxygen atoms in total. The molecule has 6 heteroatoms. The van der Waals surface area contributed by atoms with Crippen LogP contribution in [0.1, 0.15) is 61.9 Å². The minimum absolute atomic E-state index is 0.0612. The Balaban J connectivity index is 1.29. The zero-order valence-corrected chi connectivity index (χ0v) is 15.3. The highest BCUT2D eigenvalue weighted by Gasteiger charge is 2.36. The Morgan fingerprint density at radius 3 is 2.68 bits per heavy atom. The van der Waals surface area contributed by atoms with E-state index < -0.39 is 0 Å². The molecule has 1 aromatic heterocycles. The maximum Gasteiger partial charge on any atom is 0.230 e. The molecule has 0 unspecified atom stereocenters. The van der Waals surface area contributed by atoms with Crippen molar-refractivity contribution in [1.82, 2.24) is 20.1 Å². The standard InChI is InChI=1S/C19H24N4OS/c1-13(14-5-3-2-4-6-14)11-20-17(24)12-25-19-22-21-18(15-7-8-15)23(19)16-9-10-16/h2-6,13,15-16H,7-12H2,1H3,(H,20,24)/t13-/m0/s1. The largest absolute Gasteiger partial charge is 0.355 e. The SMILES string of the molecule is C[C@@H](CNC(=O)CSc1nnc(C2CC2)n1C1CC1)c1ccccc1. The van der Waals surface area contributed by atoms with Crippen molar-refractivity contribution >= 4 is 17.7 Å². The second-order valence-electron chi connectivity index (χ2n) is 7.12. The fraction of sp³-hybridized carbons (Fsp3) is 0.526. The second-order valence-corrected chi connectivity index (χ2v) is 8.06. The summed E-state index contributed by atoms with van der Waals surface area (Å²) in [6, 6.07) is 10.8. The molecule has 1 N–H and O–H groups in total. The van der Waals surface area contributed by atoms with Crippen LogP contribution in [-0.4, -0.2) is 33.0 Å². The van der Waals surface area contributed by atoms with Crippen molar-refractivity contribution in [3.05, 3.63) is 41.7 Å². The highest BCUT2D eigenvalue weighted by atomic mass is 32.2. The molecule has 132 valence electrons. The molecule has 4 rings (SSSR count). The summed E-state index contributed by atoms with van der Waals surface area (Å²) in [5.74, 6) is 2.51. The fourth-order valence-corrected chi connectivity index (χ4v) is 3.87. The zero-order chi connectivity index (χ0) is 17.2. The van der Waals surface area contributed by atoms with Crippen LogP contribution in [-0.2, 0) is 4.79 Å². The third-order valence-corrected chi connectivity index (χ3v) is 5.79. The van der Waals surface area contributed by atoms with E-state index in [1.807, 2.05) is 18.2 Å². The Morgan fingerprint density at radius 2 is 2.00 bits per heavy atom. The van der Waals surface area contributed by atoms with Gasteiger partial charge in [-0.2, -0.15) is 0 Å². The van der Waals surface area contributed by atoms with E-state index in [2.05, 4.69) is 39.1 Å². The highest BCUT2D eigenvalue weighted by molar-refractivity contribution is 7.99. The maximum atomic E-state index is 12.2. The van der Waals surface area contributed by atoms with E-state index in [1.54, 1.807) is 0 Å². The molecular weight excluding hydrogens is 332 g/mol. The lowest BCUT2D eigenvalue weighted by atomic mass is 10.0. The Hall–Kier alpha value is -1.82. The molecule has 1 heterocycles. The van der Waals surface area contributed by atoms with Crippen molar-refractivity contribution in [2.24, 2.45) is 0 Å². The lowest BCUT2D eigenvalue weighted by Crippen LogP contribution is -2.29. The van der Waals surface area contributed by atoms with Gasteiger partial charge in [-0.15, -0.1) is 10.2 Å². The lowest BCUT2D eigenvalue weighted by Gasteiger charge is -2.13. The average Bonchev–Trinajstić information content (AvgIpc) is 3.57. The highest BCUT2D eigenvalue weighted by Crippen LogP contribution is 2.45. The zero-order valence-electron chi connectivity index (χ0n) is 14.5. The smallest absolute Gasteiger partial charge is 0.230 e. The van der Waals surface area contributed by atoms with Gasteiger partial charge < -0.3 is 9.88 Å². The molecule has 2 aliphatic rings. The molecular formula is C19H24N4OS. The first kappa shape index (κ1) is 16.6. The number of benzene rings is 1. The van der Waals surface area contributed by atoms with Crippen LogP contribution in [0.15, 0.2) is 35.5 Å². The van der Waals surface area contributed by atoms with Gasteiger partial charge in [-0.1, -0.05) is 49.0 Å². The predicted molar refractivity (Wildman–Crippen MR) is 98.9 cm³/mol. The Labute approximate surface area is 152 Å². The van der Waals surface area contributed by atoms with Crippen LogP contribution in [0.2, 0.25) is 0 Å². The molecule has 2 fully saturated rings. The summed E-state index contributed by atoms with van der Waals surface area (Å²) in [5.41, 5.74) is 1.25. The summed E-state index contributed by atoms with van der Waals surface area (Å²) in [5, 5.41) is 12.7. The third-order valence-electron chi connectivity index (χ3n) is 4.85. The van der Waals surface area contributed by atoms with Crippen LogP contribution < -0.4 is 5.32 Å². The molecule has 2 aliphatic carbocycles. The fourth-order valence-electron chi connectivity index (χ4n) is 3.03. The van der Waals surface area contributed by atoms with Crippen LogP contribution in [0, 0.1) is 0 Å². The number of carbonyl (C=O) groups excluding carboxylic acids is 1. The number of amides is 1. The van der Waals surface area contributed by atoms with Gasteiger partial charge in [0.15, 0.2) is 5.16 Å². The van der Waals surface area contributed by atoms with E-state index in [-0.39, 0.29) is 5.91 Å². The molecule has 0 saturated heterocycles. The number of nitrogens with zero attached hydrogens (tertiary/aromatic N) is 3. The minimum atomic E-state index is 0.0612. The first-order valence-electron chi connectivity index (χ1n) is 9.11. The van der Waals surface area contributed by atoms with Gasteiger partial charge in [-0.3, -0.25) is 4.79 Å². The number of nitrogens with one attached hydrogen (secondary N) is 1. The Bertz CT molecular complexity index is 737. The second kappa shape index (κ2) is 7.20. The predicted octanol–water partition coefficient (Wildman–Crippen LogP) is 3.50.